The number of carboxylic acid groups (broad SMARTS) is 1. The van der Waals surface area contributed by atoms with Gasteiger partial charge in [-0.3, -0.25) is 10.1 Å². The summed E-state index contributed by atoms with van der Waals surface area (Å²) >= 11 is 3.23. The Morgan fingerprint density at radius 2 is 1.91 bits per heavy atom. The number of hydrogen-bond acceptors (Lipinski definition) is 6. The average Bonchev–Trinajstić information content (AvgIpc) is 2.53. The third kappa shape index (κ3) is 3.98. The van der Waals surface area contributed by atoms with Crippen molar-refractivity contribution < 1.29 is 24.3 Å². The van der Waals surface area contributed by atoms with Crippen LogP contribution in [0.3, 0.4) is 0 Å². The Hall–Kier alpha value is -2.61. The van der Waals surface area contributed by atoms with E-state index in [1.807, 2.05) is 0 Å². The van der Waals surface area contributed by atoms with Gasteiger partial charge in [0.1, 0.15) is 6.61 Å². The van der Waals surface area contributed by atoms with Crippen molar-refractivity contribution in [1.82, 2.24) is 0 Å². The smallest absolute Gasteiger partial charge is 0.269 e. The predicted octanol–water partition coefficient (Wildman–Crippen LogP) is 2.31. The second-order valence-corrected chi connectivity index (χ2v) is 5.34. The van der Waals surface area contributed by atoms with Crippen molar-refractivity contribution in [2.75, 3.05) is 7.11 Å². The monoisotopic (exact) mass is 380 g/mol. The summed E-state index contributed by atoms with van der Waals surface area (Å²) in [7, 11) is 1.39. The number of aromatic carboxylic acids is 1. The number of non-ortho nitro benzene ring substituents is 1. The van der Waals surface area contributed by atoms with Crippen LogP contribution in [0.1, 0.15) is 15.9 Å². The topological polar surface area (TPSA) is 102 Å². The van der Waals surface area contributed by atoms with Gasteiger partial charge >= 0.3 is 0 Å². The quantitative estimate of drug-likeness (QED) is 0.562. The molecule has 0 heterocycles. The van der Waals surface area contributed by atoms with Crippen LogP contribution in [-0.4, -0.2) is 18.0 Å². The summed E-state index contributed by atoms with van der Waals surface area (Å²) in [6.45, 7) is 0.137. The van der Waals surface area contributed by atoms with Gasteiger partial charge in [-0.05, 0) is 45.8 Å². The first-order chi connectivity index (χ1) is 10.9. The first-order valence-electron chi connectivity index (χ1n) is 6.37. The van der Waals surface area contributed by atoms with Crippen LogP contribution in [0.15, 0.2) is 40.9 Å². The summed E-state index contributed by atoms with van der Waals surface area (Å²) < 4.78 is 11.1. The lowest BCUT2D eigenvalue weighted by Gasteiger charge is -2.14. The number of carbonyl (C=O) groups is 1. The fraction of sp³-hybridized carbons (Fsp3) is 0.133. The summed E-state index contributed by atoms with van der Waals surface area (Å²) in [6.07, 6.45) is 0. The van der Waals surface area contributed by atoms with Crippen molar-refractivity contribution >= 4 is 27.6 Å². The van der Waals surface area contributed by atoms with Gasteiger partial charge in [-0.25, -0.2) is 0 Å². The molecular formula is C15H11BrNO6-. The molecule has 0 fully saturated rings. The standard InChI is InChI=1S/C15H12BrNO6/c1-22-13-7-10(15(18)19)6-12(16)14(13)23-8-9-2-4-11(5-3-9)17(20)21/h2-7H,8H2,1H3,(H,18,19)/p-1. The number of hydrogen-bond donors (Lipinski definition) is 0. The van der Waals surface area contributed by atoms with Crippen molar-refractivity contribution in [1.29, 1.82) is 0 Å². The van der Waals surface area contributed by atoms with E-state index in [1.54, 1.807) is 12.1 Å². The lowest BCUT2D eigenvalue weighted by molar-refractivity contribution is -0.384. The van der Waals surface area contributed by atoms with Gasteiger partial charge in [0, 0.05) is 17.7 Å². The summed E-state index contributed by atoms with van der Waals surface area (Å²) in [5, 5.41) is 21.5. The van der Waals surface area contributed by atoms with Gasteiger partial charge in [-0.1, -0.05) is 0 Å². The van der Waals surface area contributed by atoms with Gasteiger partial charge in [-0.2, -0.15) is 0 Å². The van der Waals surface area contributed by atoms with E-state index >= 15 is 0 Å². The van der Waals surface area contributed by atoms with Gasteiger partial charge < -0.3 is 19.4 Å². The number of ether oxygens (including phenoxy) is 2. The first-order valence-corrected chi connectivity index (χ1v) is 7.16. The maximum Gasteiger partial charge on any atom is 0.269 e. The molecule has 0 aliphatic carbocycles. The van der Waals surface area contributed by atoms with E-state index in [1.165, 1.54) is 31.4 Å². The van der Waals surface area contributed by atoms with Gasteiger partial charge in [-0.15, -0.1) is 0 Å². The van der Waals surface area contributed by atoms with Crippen LogP contribution in [0.25, 0.3) is 0 Å². The molecule has 0 atom stereocenters. The minimum Gasteiger partial charge on any atom is -0.545 e. The summed E-state index contributed by atoms with van der Waals surface area (Å²) in [4.78, 5) is 21.0. The Morgan fingerprint density at radius 1 is 1.26 bits per heavy atom. The number of nitro benzene ring substituents is 1. The van der Waals surface area contributed by atoms with E-state index in [4.69, 9.17) is 9.47 Å². The lowest BCUT2D eigenvalue weighted by Crippen LogP contribution is -2.22. The zero-order chi connectivity index (χ0) is 17.0. The molecule has 0 bridgehead atoms. The van der Waals surface area contributed by atoms with Crippen molar-refractivity contribution in [3.63, 3.8) is 0 Å². The van der Waals surface area contributed by atoms with E-state index in [0.29, 0.717) is 15.8 Å². The molecule has 0 N–H and O–H groups in total. The second-order valence-electron chi connectivity index (χ2n) is 4.49. The molecule has 0 aliphatic rings. The van der Waals surface area contributed by atoms with E-state index in [9.17, 15) is 20.0 Å². The van der Waals surface area contributed by atoms with E-state index in [2.05, 4.69) is 15.9 Å². The number of carbonyl (C=O) groups excluding carboxylic acids is 1. The molecule has 0 saturated heterocycles. The van der Waals surface area contributed by atoms with Gasteiger partial charge in [0.15, 0.2) is 11.5 Å². The SMILES string of the molecule is COc1cc(C(=O)[O-])cc(Br)c1OCc1ccc([N+](=O)[O-])cc1. The summed E-state index contributed by atoms with van der Waals surface area (Å²) in [6, 6.07) is 8.56. The largest absolute Gasteiger partial charge is 0.545 e. The highest BCUT2D eigenvalue weighted by atomic mass is 79.9. The zero-order valence-corrected chi connectivity index (χ0v) is 13.5. The Balaban J connectivity index is 2.19. The number of nitrogens with zero attached hydrogens (tertiary/aromatic N) is 1. The summed E-state index contributed by atoms with van der Waals surface area (Å²) in [5.74, 6) is -0.762. The van der Waals surface area contributed by atoms with Crippen molar-refractivity contribution in [2.45, 2.75) is 6.61 Å². The Bertz CT molecular complexity index is 744. The Kier molecular flexibility index (Phi) is 5.17. The molecule has 8 heteroatoms. The lowest BCUT2D eigenvalue weighted by atomic mass is 10.2. The van der Waals surface area contributed by atoms with Crippen LogP contribution >= 0.6 is 15.9 Å². The third-order valence-corrected chi connectivity index (χ3v) is 3.58. The Morgan fingerprint density at radius 3 is 2.43 bits per heavy atom. The molecule has 0 unspecified atom stereocenters. The van der Waals surface area contributed by atoms with Crippen LogP contribution < -0.4 is 14.6 Å². The normalized spacial score (nSPS) is 10.2. The predicted molar refractivity (Wildman–Crippen MR) is 82.5 cm³/mol. The molecule has 23 heavy (non-hydrogen) atoms. The molecule has 0 amide bonds. The molecular weight excluding hydrogens is 370 g/mol. The summed E-state index contributed by atoms with van der Waals surface area (Å²) in [5.41, 5.74) is 0.663. The van der Waals surface area contributed by atoms with E-state index in [-0.39, 0.29) is 23.6 Å². The van der Waals surface area contributed by atoms with Crippen LogP contribution in [0.4, 0.5) is 5.69 Å². The minimum atomic E-state index is -1.33. The van der Waals surface area contributed by atoms with Crippen LogP contribution in [0.2, 0.25) is 0 Å². The fourth-order valence-electron chi connectivity index (χ4n) is 1.85. The molecule has 0 spiro atoms. The highest BCUT2D eigenvalue weighted by Crippen LogP contribution is 2.37. The van der Waals surface area contributed by atoms with Crippen LogP contribution in [-0.2, 0) is 6.61 Å². The number of rotatable bonds is 6. The molecule has 7 nitrogen and oxygen atoms in total. The number of halogens is 1. The molecule has 120 valence electrons. The fourth-order valence-corrected chi connectivity index (χ4v) is 2.40. The van der Waals surface area contributed by atoms with Crippen molar-refractivity contribution in [3.8, 4) is 11.5 Å². The number of carboxylic acids is 1. The second kappa shape index (κ2) is 7.10. The number of benzene rings is 2. The minimum absolute atomic E-state index is 0.00850. The number of methoxy groups -OCH3 is 1. The highest BCUT2D eigenvalue weighted by molar-refractivity contribution is 9.10. The van der Waals surface area contributed by atoms with Crippen LogP contribution in [0.5, 0.6) is 11.5 Å². The molecule has 0 aliphatic heterocycles. The van der Waals surface area contributed by atoms with Gasteiger partial charge in [0.05, 0.1) is 22.5 Å². The molecule has 2 aromatic carbocycles. The van der Waals surface area contributed by atoms with Crippen LogP contribution in [0, 0.1) is 10.1 Å². The zero-order valence-electron chi connectivity index (χ0n) is 11.9. The molecule has 2 aromatic rings. The van der Waals surface area contributed by atoms with E-state index in [0.717, 1.165) is 0 Å². The molecule has 0 saturated carbocycles. The van der Waals surface area contributed by atoms with Crippen molar-refractivity contribution in [3.05, 3.63) is 62.1 Å². The molecule has 2 rings (SSSR count). The van der Waals surface area contributed by atoms with Gasteiger partial charge in [0.2, 0.25) is 0 Å². The maximum atomic E-state index is 10.9. The third-order valence-electron chi connectivity index (χ3n) is 3.00. The Labute approximate surface area is 139 Å². The molecule has 0 radical (unpaired) electrons. The van der Waals surface area contributed by atoms with E-state index < -0.39 is 10.9 Å². The average molecular weight is 381 g/mol. The maximum absolute atomic E-state index is 10.9. The van der Waals surface area contributed by atoms with Gasteiger partial charge in [0.25, 0.3) is 5.69 Å². The van der Waals surface area contributed by atoms with Crippen molar-refractivity contribution in [2.24, 2.45) is 0 Å². The number of nitro groups is 1. The molecule has 0 aromatic heterocycles. The first kappa shape index (κ1) is 16.8. The highest BCUT2D eigenvalue weighted by Gasteiger charge is 2.13.